The van der Waals surface area contributed by atoms with Gasteiger partial charge in [0.25, 0.3) is 0 Å². The Kier molecular flexibility index (Phi) is 4.98. The van der Waals surface area contributed by atoms with Crippen LogP contribution in [0, 0.1) is 5.82 Å². The number of nitrogens with zero attached hydrogens (tertiary/aromatic N) is 4. The molecule has 0 amide bonds. The molecule has 0 saturated heterocycles. The molecule has 0 unspecified atom stereocenters. The van der Waals surface area contributed by atoms with Gasteiger partial charge in [-0.15, -0.1) is 0 Å². The quantitative estimate of drug-likeness (QED) is 0.365. The number of hydrogen-bond acceptors (Lipinski definition) is 5. The Bertz CT molecular complexity index is 1370. The maximum Gasteiger partial charge on any atom is 0.163 e. The normalized spacial score (nSPS) is 10.9. The highest BCUT2D eigenvalue weighted by Gasteiger charge is 2.12. The third-order valence-corrected chi connectivity index (χ3v) is 5.08. The molecule has 0 bridgehead atoms. The Hall–Kier alpha value is -3.90. The van der Waals surface area contributed by atoms with Crippen molar-refractivity contribution >= 4 is 34.0 Å². The average molecular weight is 428 g/mol. The van der Waals surface area contributed by atoms with Gasteiger partial charge >= 0.3 is 0 Å². The summed E-state index contributed by atoms with van der Waals surface area (Å²) in [7, 11) is 0. The van der Waals surface area contributed by atoms with Crippen molar-refractivity contribution < 1.29 is 4.39 Å². The van der Waals surface area contributed by atoms with E-state index in [1.165, 1.54) is 12.1 Å². The maximum atomic E-state index is 13.6. The van der Waals surface area contributed by atoms with Crippen LogP contribution in [0.1, 0.15) is 0 Å². The summed E-state index contributed by atoms with van der Waals surface area (Å²) in [6.07, 6.45) is 6.96. The van der Waals surface area contributed by atoms with E-state index < -0.39 is 5.82 Å². The van der Waals surface area contributed by atoms with Crippen molar-refractivity contribution in [2.24, 2.45) is 0 Å². The average Bonchev–Trinajstić information content (AvgIpc) is 2.82. The van der Waals surface area contributed by atoms with Gasteiger partial charge in [-0.05, 0) is 54.1 Å². The Balaban J connectivity index is 1.67. The summed E-state index contributed by atoms with van der Waals surface area (Å²) in [6.45, 7) is 0. The second kappa shape index (κ2) is 8.08. The number of aromatic nitrogens is 4. The largest absolute Gasteiger partial charge is 0.340 e. The van der Waals surface area contributed by atoms with E-state index in [1.807, 2.05) is 48.7 Å². The van der Waals surface area contributed by atoms with Crippen molar-refractivity contribution in [2.45, 2.75) is 0 Å². The molecule has 0 aliphatic carbocycles. The van der Waals surface area contributed by atoms with Crippen LogP contribution < -0.4 is 5.32 Å². The molecule has 0 radical (unpaired) electrons. The molecule has 5 rings (SSSR count). The molecular formula is C24H15ClFN5. The molecule has 0 aliphatic heterocycles. The van der Waals surface area contributed by atoms with Gasteiger partial charge in [-0.2, -0.15) is 0 Å². The van der Waals surface area contributed by atoms with E-state index in [0.29, 0.717) is 17.3 Å². The summed E-state index contributed by atoms with van der Waals surface area (Å²) in [5.41, 5.74) is 4.15. The molecule has 0 saturated carbocycles. The number of rotatable bonds is 4. The zero-order chi connectivity index (χ0) is 21.2. The van der Waals surface area contributed by atoms with Crippen LogP contribution in [0.25, 0.3) is 33.4 Å². The van der Waals surface area contributed by atoms with Crippen LogP contribution in [0.15, 0.2) is 85.5 Å². The summed E-state index contributed by atoms with van der Waals surface area (Å²) in [5, 5.41) is 4.11. The Labute approximate surface area is 182 Å². The second-order valence-electron chi connectivity index (χ2n) is 6.87. The molecule has 7 heteroatoms. The predicted octanol–water partition coefficient (Wildman–Crippen LogP) is 6.29. The van der Waals surface area contributed by atoms with E-state index in [2.05, 4.69) is 15.3 Å². The first-order chi connectivity index (χ1) is 15.2. The smallest absolute Gasteiger partial charge is 0.163 e. The van der Waals surface area contributed by atoms with Gasteiger partial charge in [0, 0.05) is 47.0 Å². The number of anilines is 2. The molecule has 5 aromatic rings. The molecule has 5 nitrogen and oxygen atoms in total. The third-order valence-electron chi connectivity index (χ3n) is 4.79. The monoisotopic (exact) mass is 427 g/mol. The van der Waals surface area contributed by atoms with Gasteiger partial charge in [0.2, 0.25) is 0 Å². The first-order valence-electron chi connectivity index (χ1n) is 9.52. The molecule has 0 spiro atoms. The summed E-state index contributed by atoms with van der Waals surface area (Å²) in [5.74, 6) is 0.640. The fraction of sp³-hybridized carbons (Fsp3) is 0. The Morgan fingerprint density at radius 3 is 2.26 bits per heavy atom. The van der Waals surface area contributed by atoms with Crippen LogP contribution in [0.5, 0.6) is 0 Å². The zero-order valence-electron chi connectivity index (χ0n) is 16.1. The molecular weight excluding hydrogens is 413 g/mol. The molecule has 0 fully saturated rings. The molecule has 2 aromatic carbocycles. The minimum absolute atomic E-state index is 0.0368. The number of hydrogen-bond donors (Lipinski definition) is 1. The minimum atomic E-state index is -0.475. The lowest BCUT2D eigenvalue weighted by Gasteiger charge is -2.12. The van der Waals surface area contributed by atoms with E-state index in [1.54, 1.807) is 24.7 Å². The van der Waals surface area contributed by atoms with Crippen molar-refractivity contribution in [1.82, 2.24) is 19.9 Å². The lowest BCUT2D eigenvalue weighted by Crippen LogP contribution is -2.00. The summed E-state index contributed by atoms with van der Waals surface area (Å²) < 4.78 is 13.6. The maximum absolute atomic E-state index is 13.6. The van der Waals surface area contributed by atoms with E-state index >= 15 is 0 Å². The van der Waals surface area contributed by atoms with Crippen molar-refractivity contribution in [2.75, 3.05) is 5.32 Å². The molecule has 3 aromatic heterocycles. The van der Waals surface area contributed by atoms with E-state index in [9.17, 15) is 4.39 Å². The Morgan fingerprint density at radius 2 is 1.55 bits per heavy atom. The fourth-order valence-electron chi connectivity index (χ4n) is 3.27. The van der Waals surface area contributed by atoms with E-state index in [-0.39, 0.29) is 5.02 Å². The zero-order valence-corrected chi connectivity index (χ0v) is 16.9. The molecule has 0 atom stereocenters. The molecule has 1 N–H and O–H groups in total. The molecule has 31 heavy (non-hydrogen) atoms. The molecule has 0 aliphatic rings. The standard InChI is InChI=1S/C24H15ClFN5/c25-20-12-18(6-8-21(20)26)29-24-19-7-5-15(16-3-1-9-27-13-16)11-22(19)30-23(31-24)17-4-2-10-28-14-17/h1-14H,(H,29,30,31). The fourth-order valence-corrected chi connectivity index (χ4v) is 3.45. The number of pyridine rings is 2. The van der Waals surface area contributed by atoms with Crippen molar-refractivity contribution in [3.63, 3.8) is 0 Å². The van der Waals surface area contributed by atoms with Crippen molar-refractivity contribution in [3.8, 4) is 22.5 Å². The summed E-state index contributed by atoms with van der Waals surface area (Å²) in [4.78, 5) is 17.8. The van der Waals surface area contributed by atoms with E-state index in [4.69, 9.17) is 21.6 Å². The van der Waals surface area contributed by atoms with Crippen molar-refractivity contribution in [1.29, 1.82) is 0 Å². The number of fused-ring (bicyclic) bond motifs is 1. The predicted molar refractivity (Wildman–Crippen MR) is 121 cm³/mol. The molecule has 3 heterocycles. The van der Waals surface area contributed by atoms with Crippen LogP contribution in [0.3, 0.4) is 0 Å². The van der Waals surface area contributed by atoms with Gasteiger partial charge < -0.3 is 5.32 Å². The number of halogens is 2. The van der Waals surface area contributed by atoms with Crippen LogP contribution in [0.2, 0.25) is 5.02 Å². The van der Waals surface area contributed by atoms with Crippen LogP contribution in [-0.2, 0) is 0 Å². The van der Waals surface area contributed by atoms with Crippen LogP contribution >= 0.6 is 11.6 Å². The highest BCUT2D eigenvalue weighted by atomic mass is 35.5. The summed E-state index contributed by atoms with van der Waals surface area (Å²) >= 11 is 5.95. The van der Waals surface area contributed by atoms with E-state index in [0.717, 1.165) is 27.6 Å². The molecule has 150 valence electrons. The minimum Gasteiger partial charge on any atom is -0.340 e. The SMILES string of the molecule is Fc1ccc(Nc2nc(-c3cccnc3)nc3cc(-c4cccnc4)ccc23)cc1Cl. The van der Waals surface area contributed by atoms with Crippen molar-refractivity contribution in [3.05, 3.63) is 96.3 Å². The van der Waals surface area contributed by atoms with Gasteiger partial charge in [0.15, 0.2) is 5.82 Å². The number of nitrogens with one attached hydrogen (secondary N) is 1. The first-order valence-corrected chi connectivity index (χ1v) is 9.90. The number of benzene rings is 2. The van der Waals surface area contributed by atoms with Gasteiger partial charge in [0.1, 0.15) is 11.6 Å². The van der Waals surface area contributed by atoms with Gasteiger partial charge in [-0.3, -0.25) is 9.97 Å². The van der Waals surface area contributed by atoms with Gasteiger partial charge in [0.05, 0.1) is 10.5 Å². The topological polar surface area (TPSA) is 63.6 Å². The second-order valence-corrected chi connectivity index (χ2v) is 7.27. The van der Waals surface area contributed by atoms with Gasteiger partial charge in [-0.1, -0.05) is 23.7 Å². The Morgan fingerprint density at radius 1 is 0.774 bits per heavy atom. The first kappa shape index (κ1) is 19.1. The third kappa shape index (κ3) is 3.93. The summed E-state index contributed by atoms with van der Waals surface area (Å²) in [6, 6.07) is 18.0. The lowest BCUT2D eigenvalue weighted by molar-refractivity contribution is 0.628. The lowest BCUT2D eigenvalue weighted by atomic mass is 10.1. The van der Waals surface area contributed by atoms with Gasteiger partial charge in [-0.25, -0.2) is 14.4 Å². The highest BCUT2D eigenvalue weighted by Crippen LogP contribution is 2.31. The highest BCUT2D eigenvalue weighted by molar-refractivity contribution is 6.31. The van der Waals surface area contributed by atoms with Crippen LogP contribution in [0.4, 0.5) is 15.9 Å². The van der Waals surface area contributed by atoms with Crippen LogP contribution in [-0.4, -0.2) is 19.9 Å².